The van der Waals surface area contributed by atoms with Gasteiger partial charge in [-0.2, -0.15) is 0 Å². The van der Waals surface area contributed by atoms with Crippen molar-refractivity contribution in [1.29, 1.82) is 0 Å². The number of carbonyl (C=O) groups is 4. The van der Waals surface area contributed by atoms with Crippen LogP contribution in [-0.4, -0.2) is 28.9 Å². The molecular weight excluding hydrogens is 1500 g/mol. The minimum absolute atomic E-state index is 0. The van der Waals surface area contributed by atoms with Gasteiger partial charge in [0.15, 0.2) is 0 Å². The van der Waals surface area contributed by atoms with Crippen LogP contribution in [0.25, 0.3) is 89.0 Å². The third kappa shape index (κ3) is 22.0. The summed E-state index contributed by atoms with van der Waals surface area (Å²) >= 11 is 0. The molecule has 0 saturated carbocycles. The number of rotatable bonds is 15. The van der Waals surface area contributed by atoms with Crippen LogP contribution in [0.3, 0.4) is 0 Å². The Morgan fingerprint density at radius 1 is 0.212 bits per heavy atom. The van der Waals surface area contributed by atoms with Crippen LogP contribution in [0.15, 0.2) is 352 Å². The van der Waals surface area contributed by atoms with Gasteiger partial charge in [0.1, 0.15) is 0 Å². The van der Waals surface area contributed by atoms with Crippen molar-refractivity contribution in [1.82, 2.24) is 4.98 Å². The number of hydrogen-bond donors (Lipinski definition) is 0. The van der Waals surface area contributed by atoms with E-state index < -0.39 is 31.8 Å². The fourth-order valence-electron chi connectivity index (χ4n) is 12.9. The molecule has 9 nitrogen and oxygen atoms in total. The molecule has 15 rings (SSSR count). The molecule has 0 aliphatic rings. The molecule has 0 N–H and O–H groups in total. The molecule has 0 unspecified atom stereocenters. The first-order valence-corrected chi connectivity index (χ1v) is 37.8. The van der Waals surface area contributed by atoms with Crippen molar-refractivity contribution in [3.63, 3.8) is 0 Å². The van der Waals surface area contributed by atoms with Gasteiger partial charge in [-0.3, -0.25) is 4.98 Å². The van der Waals surface area contributed by atoms with Crippen LogP contribution in [0.2, 0.25) is 0 Å². The molecule has 1 heterocycles. The van der Waals surface area contributed by atoms with Gasteiger partial charge in [-0.1, -0.05) is 378 Å². The Kier molecular flexibility index (Phi) is 30.3. The number of pyridine rings is 1. The van der Waals surface area contributed by atoms with Crippen LogP contribution in [0.4, 0.5) is 0 Å². The molecule has 1 aromatic heterocycles. The number of aromatic nitrogens is 1. The minimum Gasteiger partial charge on any atom is -0.545 e. The van der Waals surface area contributed by atoms with E-state index in [2.05, 4.69) is 77.8 Å². The van der Waals surface area contributed by atoms with E-state index in [1.54, 1.807) is 0 Å². The molecule has 0 amide bonds. The van der Waals surface area contributed by atoms with Crippen LogP contribution in [0.1, 0.15) is 85.9 Å². The smallest absolute Gasteiger partial charge is 0.545 e. The van der Waals surface area contributed by atoms with Gasteiger partial charge in [0.25, 0.3) is 0 Å². The summed E-state index contributed by atoms with van der Waals surface area (Å²) in [6, 6.07) is 112. The van der Waals surface area contributed by atoms with Crippen molar-refractivity contribution >= 4 is 47.8 Å². The Morgan fingerprint density at radius 3 is 0.531 bits per heavy atom. The first kappa shape index (κ1) is 84.6. The Labute approximate surface area is 684 Å². The standard InChI is InChI=1S/4C21H18O2.C17H14NP.2Fe/c4*1-14-6-10-16(11-7-14)18-4-3-5-19(20(18)21(22)23)17-12-8-15(2)9-13-17;1-3-9-15(10-4-1)19(16-11-5-2-6-12-16)17-13-7-8-14-18-17;;/h4*3-13H,1-2H3,(H,22,23);1-14H;;/q;;;;;2*+2/p-4. The molecule has 0 radical (unpaired) electrons. The van der Waals surface area contributed by atoms with E-state index in [1.165, 1.54) is 10.6 Å². The summed E-state index contributed by atoms with van der Waals surface area (Å²) in [6.45, 7) is 16.0. The molecule has 12 heteroatoms. The summed E-state index contributed by atoms with van der Waals surface area (Å²) in [4.78, 5) is 51.8. The number of aryl methyl sites for hydroxylation is 8. The van der Waals surface area contributed by atoms with E-state index >= 15 is 0 Å². The number of carbonyl (C=O) groups excluding carboxylic acids is 4. The van der Waals surface area contributed by atoms with Crippen LogP contribution in [0, 0.1) is 55.4 Å². The predicted octanol–water partition coefficient (Wildman–Crippen LogP) is 18.8. The average Bonchev–Trinajstić information content (AvgIpc) is 0.807. The summed E-state index contributed by atoms with van der Waals surface area (Å²) < 4.78 is 0. The number of aromatic carboxylic acids is 4. The average molecular weight is 1580 g/mol. The zero-order chi connectivity index (χ0) is 78.5. The van der Waals surface area contributed by atoms with Gasteiger partial charge in [0.05, 0.1) is 29.3 Å². The summed E-state index contributed by atoms with van der Waals surface area (Å²) in [6.07, 6.45) is 1.87. The molecule has 14 aromatic carbocycles. The van der Waals surface area contributed by atoms with Crippen LogP contribution >= 0.6 is 7.92 Å². The van der Waals surface area contributed by atoms with E-state index in [9.17, 15) is 39.6 Å². The molecule has 0 saturated heterocycles. The molecule has 0 fully saturated rings. The van der Waals surface area contributed by atoms with E-state index in [4.69, 9.17) is 0 Å². The summed E-state index contributed by atoms with van der Waals surface area (Å²) in [5.41, 5.74) is 23.7. The quantitative estimate of drug-likeness (QED) is 0.0715. The molecule has 15 aromatic rings. The van der Waals surface area contributed by atoms with Gasteiger partial charge in [0, 0.05) is 36.4 Å². The maximum absolute atomic E-state index is 11.8. The largest absolute Gasteiger partial charge is 2.00 e. The van der Waals surface area contributed by atoms with Gasteiger partial charge in [0.2, 0.25) is 0 Å². The molecule has 560 valence electrons. The maximum Gasteiger partial charge on any atom is 2.00 e. The second-order valence-corrected chi connectivity index (χ2v) is 29.3. The zero-order valence-electron chi connectivity index (χ0n) is 63.9. The third-order valence-corrected chi connectivity index (χ3v) is 21.2. The van der Waals surface area contributed by atoms with E-state index in [1.807, 2.05) is 335 Å². The van der Waals surface area contributed by atoms with Gasteiger partial charge < -0.3 is 39.6 Å². The Bertz CT molecular complexity index is 4730. The van der Waals surface area contributed by atoms with Gasteiger partial charge in [-0.15, -0.1) is 0 Å². The number of hydrogen-bond acceptors (Lipinski definition) is 9. The zero-order valence-corrected chi connectivity index (χ0v) is 67.0. The first-order chi connectivity index (χ1) is 53.7. The predicted molar refractivity (Wildman–Crippen MR) is 447 cm³/mol. The number of carboxylic acids is 4. The van der Waals surface area contributed by atoms with Crippen LogP contribution in [-0.2, 0) is 34.1 Å². The Balaban J connectivity index is 0.000000161. The monoisotopic (exact) mass is 1580 g/mol. The second-order valence-electron chi connectivity index (χ2n) is 27.2. The molecule has 0 bridgehead atoms. The van der Waals surface area contributed by atoms with Gasteiger partial charge in [-0.05, 0) is 167 Å². The van der Waals surface area contributed by atoms with E-state index in [0.717, 1.165) is 94.5 Å². The molecular formula is C101H82Fe2NO8P. The number of nitrogens with zero attached hydrogens (tertiary/aromatic N) is 1. The fourth-order valence-corrected chi connectivity index (χ4v) is 15.1. The van der Waals surface area contributed by atoms with Crippen molar-refractivity contribution in [3.8, 4) is 89.0 Å². The minimum atomic E-state index is -1.16. The molecule has 113 heavy (non-hydrogen) atoms. The fraction of sp³-hybridized carbons (Fsp3) is 0.0792. The van der Waals surface area contributed by atoms with Crippen LogP contribution in [0.5, 0.6) is 0 Å². The van der Waals surface area contributed by atoms with Crippen molar-refractivity contribution in [3.05, 3.63) is 419 Å². The Morgan fingerprint density at radius 2 is 0.381 bits per heavy atom. The third-order valence-electron chi connectivity index (χ3n) is 18.9. The number of carboxylic acid groups (broad SMARTS) is 4. The van der Waals surface area contributed by atoms with E-state index in [0.29, 0.717) is 44.5 Å². The topological polar surface area (TPSA) is 173 Å². The molecule has 0 atom stereocenters. The molecule has 0 spiro atoms. The van der Waals surface area contributed by atoms with Gasteiger partial charge in [-0.25, -0.2) is 0 Å². The normalized spacial score (nSPS) is 10.3. The summed E-state index contributed by atoms with van der Waals surface area (Å²) in [5, 5.41) is 49.9. The summed E-state index contributed by atoms with van der Waals surface area (Å²) in [7, 11) is -0.557. The second kappa shape index (κ2) is 40.5. The van der Waals surface area contributed by atoms with Crippen molar-refractivity contribution in [2.45, 2.75) is 55.4 Å². The Hall–Kier alpha value is -12.4. The first-order valence-electron chi connectivity index (χ1n) is 36.4. The summed E-state index contributed by atoms with van der Waals surface area (Å²) in [5.74, 6) is -4.62. The molecule has 0 aliphatic carbocycles. The van der Waals surface area contributed by atoms with Crippen molar-refractivity contribution in [2.24, 2.45) is 0 Å². The number of benzene rings is 14. The van der Waals surface area contributed by atoms with E-state index in [-0.39, 0.29) is 56.4 Å². The maximum atomic E-state index is 11.8. The molecule has 0 aliphatic heterocycles. The SMILES string of the molecule is Cc1ccc(-c2cccc(-c3ccc(C)cc3)c2C(=O)[O-])cc1.Cc1ccc(-c2cccc(-c3ccc(C)cc3)c2C(=O)[O-])cc1.Cc1ccc(-c2cccc(-c3ccc(C)cc3)c2C(=O)[O-])cc1.Cc1ccc(-c2cccc(-c3ccc(C)cc3)c2C(=O)[O-])cc1.[Fe+2].[Fe+2].c1ccc(P(c2ccccc2)c2ccccn2)cc1. The van der Waals surface area contributed by atoms with Crippen molar-refractivity contribution < 1.29 is 73.7 Å². The van der Waals surface area contributed by atoms with Gasteiger partial charge >= 0.3 is 34.1 Å². The van der Waals surface area contributed by atoms with Crippen molar-refractivity contribution in [2.75, 3.05) is 0 Å². The van der Waals surface area contributed by atoms with Crippen LogP contribution < -0.4 is 36.5 Å².